The summed E-state index contributed by atoms with van der Waals surface area (Å²) in [5, 5.41) is 6.28. The summed E-state index contributed by atoms with van der Waals surface area (Å²) in [5.74, 6) is 0.104. The summed E-state index contributed by atoms with van der Waals surface area (Å²) in [5.41, 5.74) is 1.11. The van der Waals surface area contributed by atoms with Gasteiger partial charge in [0.05, 0.1) is 5.69 Å². The van der Waals surface area contributed by atoms with Crippen LogP contribution >= 0.6 is 0 Å². The number of carbonyl (C=O) groups is 2. The van der Waals surface area contributed by atoms with Crippen LogP contribution in [0.15, 0.2) is 65.2 Å². The number of aromatic nitrogens is 1. The van der Waals surface area contributed by atoms with Gasteiger partial charge in [0, 0.05) is 11.8 Å². The summed E-state index contributed by atoms with van der Waals surface area (Å²) in [6, 6.07) is 17.7. The number of esters is 1. The smallest absolute Gasteiger partial charge is 0.377 e. The first-order chi connectivity index (χ1) is 13.0. The van der Waals surface area contributed by atoms with Crippen molar-refractivity contribution in [1.82, 2.24) is 5.16 Å². The number of anilines is 1. The Morgan fingerprint density at radius 2 is 1.70 bits per heavy atom. The van der Waals surface area contributed by atoms with Gasteiger partial charge in [-0.3, -0.25) is 4.79 Å². The van der Waals surface area contributed by atoms with Crippen LogP contribution < -0.4 is 10.1 Å². The molecule has 3 aromatic rings. The van der Waals surface area contributed by atoms with Crippen molar-refractivity contribution in [3.8, 4) is 11.5 Å². The van der Waals surface area contributed by atoms with Crippen LogP contribution in [-0.2, 0) is 9.53 Å². The molecule has 1 N–H and O–H groups in total. The highest BCUT2D eigenvalue weighted by atomic mass is 16.6. The Hall–Kier alpha value is -3.61. The zero-order valence-electron chi connectivity index (χ0n) is 14.8. The molecule has 1 aromatic heterocycles. The van der Waals surface area contributed by atoms with E-state index in [1.165, 1.54) is 13.0 Å². The molecule has 0 saturated heterocycles. The minimum Gasteiger partial charge on any atom is -0.457 e. The van der Waals surface area contributed by atoms with Gasteiger partial charge in [0.15, 0.2) is 6.10 Å². The van der Waals surface area contributed by atoms with E-state index >= 15 is 0 Å². The maximum Gasteiger partial charge on any atom is 0.377 e. The van der Waals surface area contributed by atoms with Gasteiger partial charge in [0.1, 0.15) is 11.5 Å². The summed E-state index contributed by atoms with van der Waals surface area (Å²) >= 11 is 0. The molecule has 0 spiro atoms. The van der Waals surface area contributed by atoms with Crippen molar-refractivity contribution in [2.24, 2.45) is 0 Å². The van der Waals surface area contributed by atoms with Crippen molar-refractivity contribution in [3.05, 3.63) is 72.1 Å². The standard InChI is InChI=1S/C20H18N2O5/c1-13-12-18(27-22-13)20(24)25-14(2)19(23)21-15-8-10-17(11-9-15)26-16-6-4-3-5-7-16/h3-12,14H,1-2H3,(H,21,23)/t14-/m0/s1. The van der Waals surface area contributed by atoms with E-state index in [4.69, 9.17) is 14.0 Å². The van der Waals surface area contributed by atoms with Crippen molar-refractivity contribution < 1.29 is 23.6 Å². The van der Waals surface area contributed by atoms with E-state index in [1.54, 1.807) is 31.2 Å². The quantitative estimate of drug-likeness (QED) is 0.664. The molecule has 1 heterocycles. The van der Waals surface area contributed by atoms with Crippen molar-refractivity contribution in [2.75, 3.05) is 5.32 Å². The third-order valence-corrected chi connectivity index (χ3v) is 3.58. The Kier molecular flexibility index (Phi) is 5.51. The van der Waals surface area contributed by atoms with Gasteiger partial charge >= 0.3 is 5.97 Å². The number of nitrogens with one attached hydrogen (secondary N) is 1. The summed E-state index contributed by atoms with van der Waals surface area (Å²) < 4.78 is 15.6. The maximum absolute atomic E-state index is 12.2. The molecule has 0 aliphatic carbocycles. The molecule has 0 unspecified atom stereocenters. The number of ether oxygens (including phenoxy) is 2. The molecule has 1 atom stereocenters. The molecule has 7 nitrogen and oxygen atoms in total. The highest BCUT2D eigenvalue weighted by Crippen LogP contribution is 2.22. The summed E-state index contributed by atoms with van der Waals surface area (Å²) in [7, 11) is 0. The Labute approximate surface area is 155 Å². The third-order valence-electron chi connectivity index (χ3n) is 3.58. The first-order valence-corrected chi connectivity index (χ1v) is 8.29. The van der Waals surface area contributed by atoms with Gasteiger partial charge in [-0.2, -0.15) is 0 Å². The predicted octanol–water partition coefficient (Wildman–Crippen LogP) is 3.96. The van der Waals surface area contributed by atoms with Crippen molar-refractivity contribution in [3.63, 3.8) is 0 Å². The Morgan fingerprint density at radius 1 is 1.04 bits per heavy atom. The first kappa shape index (κ1) is 18.2. The molecule has 0 aliphatic heterocycles. The fourth-order valence-corrected chi connectivity index (χ4v) is 2.21. The Bertz CT molecular complexity index is 919. The minimum atomic E-state index is -0.997. The number of nitrogens with zero attached hydrogens (tertiary/aromatic N) is 1. The monoisotopic (exact) mass is 366 g/mol. The number of hydrogen-bond donors (Lipinski definition) is 1. The van der Waals surface area contributed by atoms with E-state index in [0.717, 1.165) is 5.75 Å². The number of hydrogen-bond acceptors (Lipinski definition) is 6. The van der Waals surface area contributed by atoms with E-state index in [9.17, 15) is 9.59 Å². The van der Waals surface area contributed by atoms with Crippen LogP contribution in [-0.4, -0.2) is 23.1 Å². The molecule has 1 amide bonds. The van der Waals surface area contributed by atoms with E-state index in [0.29, 0.717) is 17.1 Å². The van der Waals surface area contributed by atoms with Gasteiger partial charge in [0.2, 0.25) is 5.76 Å². The van der Waals surface area contributed by atoms with Crippen LogP contribution in [0, 0.1) is 6.92 Å². The fourth-order valence-electron chi connectivity index (χ4n) is 2.21. The molecular formula is C20H18N2O5. The van der Waals surface area contributed by atoms with Gasteiger partial charge in [-0.1, -0.05) is 23.4 Å². The zero-order valence-corrected chi connectivity index (χ0v) is 14.8. The normalized spacial score (nSPS) is 11.5. The number of para-hydroxylation sites is 1. The van der Waals surface area contributed by atoms with Crippen LogP contribution in [0.3, 0.4) is 0 Å². The van der Waals surface area contributed by atoms with E-state index in [1.807, 2.05) is 30.3 Å². The average molecular weight is 366 g/mol. The van der Waals surface area contributed by atoms with Crippen LogP contribution in [0.1, 0.15) is 23.2 Å². The van der Waals surface area contributed by atoms with Gasteiger partial charge in [-0.15, -0.1) is 0 Å². The molecule has 27 heavy (non-hydrogen) atoms. The maximum atomic E-state index is 12.2. The van der Waals surface area contributed by atoms with Crippen molar-refractivity contribution in [2.45, 2.75) is 20.0 Å². The fraction of sp³-hybridized carbons (Fsp3) is 0.150. The number of aryl methyl sites for hydroxylation is 1. The van der Waals surface area contributed by atoms with Gasteiger partial charge in [0.25, 0.3) is 5.91 Å². The van der Waals surface area contributed by atoms with E-state index < -0.39 is 18.0 Å². The Morgan fingerprint density at radius 3 is 2.33 bits per heavy atom. The molecule has 0 radical (unpaired) electrons. The molecule has 0 aliphatic rings. The Balaban J connectivity index is 1.54. The van der Waals surface area contributed by atoms with Gasteiger partial charge < -0.3 is 19.3 Å². The highest BCUT2D eigenvalue weighted by Gasteiger charge is 2.21. The minimum absolute atomic E-state index is 0.0467. The lowest BCUT2D eigenvalue weighted by molar-refractivity contribution is -0.123. The third kappa shape index (κ3) is 4.94. The molecule has 0 fully saturated rings. The number of carbonyl (C=O) groups excluding carboxylic acids is 2. The molecular weight excluding hydrogens is 348 g/mol. The second-order valence-corrected chi connectivity index (χ2v) is 5.81. The lowest BCUT2D eigenvalue weighted by Crippen LogP contribution is -2.29. The predicted molar refractivity (Wildman–Crippen MR) is 97.7 cm³/mol. The second-order valence-electron chi connectivity index (χ2n) is 5.81. The molecule has 3 rings (SSSR count). The number of rotatable bonds is 6. The molecule has 7 heteroatoms. The second kappa shape index (κ2) is 8.18. The number of benzene rings is 2. The van der Waals surface area contributed by atoms with Crippen LogP contribution in [0.2, 0.25) is 0 Å². The van der Waals surface area contributed by atoms with Crippen LogP contribution in [0.25, 0.3) is 0 Å². The summed E-state index contributed by atoms with van der Waals surface area (Å²) in [6.45, 7) is 3.16. The largest absolute Gasteiger partial charge is 0.457 e. The van der Waals surface area contributed by atoms with Crippen LogP contribution in [0.4, 0.5) is 5.69 Å². The number of amides is 1. The SMILES string of the molecule is Cc1cc(C(=O)O[C@@H](C)C(=O)Nc2ccc(Oc3ccccc3)cc2)on1. The summed E-state index contributed by atoms with van der Waals surface area (Å²) in [4.78, 5) is 24.1. The molecule has 2 aromatic carbocycles. The van der Waals surface area contributed by atoms with Crippen LogP contribution in [0.5, 0.6) is 11.5 Å². The molecule has 0 bridgehead atoms. The lowest BCUT2D eigenvalue weighted by atomic mass is 10.2. The molecule has 138 valence electrons. The molecule has 0 saturated carbocycles. The zero-order chi connectivity index (χ0) is 19.2. The van der Waals surface area contributed by atoms with Gasteiger partial charge in [-0.25, -0.2) is 4.79 Å². The highest BCUT2D eigenvalue weighted by molar-refractivity contribution is 5.96. The summed E-state index contributed by atoms with van der Waals surface area (Å²) in [6.07, 6.45) is -0.997. The first-order valence-electron chi connectivity index (χ1n) is 8.29. The van der Waals surface area contributed by atoms with Crippen molar-refractivity contribution >= 4 is 17.6 Å². The van der Waals surface area contributed by atoms with Crippen molar-refractivity contribution in [1.29, 1.82) is 0 Å². The van der Waals surface area contributed by atoms with E-state index in [2.05, 4.69) is 10.5 Å². The topological polar surface area (TPSA) is 90.7 Å². The van der Waals surface area contributed by atoms with Gasteiger partial charge in [-0.05, 0) is 50.2 Å². The van der Waals surface area contributed by atoms with E-state index in [-0.39, 0.29) is 5.76 Å². The average Bonchev–Trinajstić information content (AvgIpc) is 3.10. The lowest BCUT2D eigenvalue weighted by Gasteiger charge is -2.13.